The molecule has 26 heavy (non-hydrogen) atoms. The van der Waals surface area contributed by atoms with Crippen LogP contribution in [0.15, 0.2) is 41.8 Å². The first kappa shape index (κ1) is 18.0. The van der Waals surface area contributed by atoms with Gasteiger partial charge < -0.3 is 0 Å². The van der Waals surface area contributed by atoms with Crippen molar-refractivity contribution in [3.05, 3.63) is 73.6 Å². The molecule has 0 aliphatic carbocycles. The summed E-state index contributed by atoms with van der Waals surface area (Å²) < 4.78 is 0. The van der Waals surface area contributed by atoms with Crippen molar-refractivity contribution in [2.45, 2.75) is 13.8 Å². The summed E-state index contributed by atoms with van der Waals surface area (Å²) in [6.45, 7) is 4.04. The summed E-state index contributed by atoms with van der Waals surface area (Å²) in [5, 5.41) is 15.7. The van der Waals surface area contributed by atoms with Gasteiger partial charge in [0.1, 0.15) is 0 Å². The van der Waals surface area contributed by atoms with Gasteiger partial charge >= 0.3 is 0 Å². The lowest BCUT2D eigenvalue weighted by atomic mass is 10.0. The van der Waals surface area contributed by atoms with Crippen molar-refractivity contribution in [1.82, 2.24) is 4.98 Å². The topological polar surface area (TPSA) is 85.1 Å². The zero-order chi connectivity index (χ0) is 18.8. The molecular formula is C18H14ClN3O3S. The largest absolute Gasteiger partial charge is 0.298 e. The number of halogens is 1. The second-order valence-corrected chi connectivity index (χ2v) is 7.00. The third-order valence-corrected chi connectivity index (χ3v) is 4.86. The van der Waals surface area contributed by atoms with Gasteiger partial charge in [0, 0.05) is 23.1 Å². The molecule has 1 heterocycles. The Bertz CT molecular complexity index is 1020. The first-order valence-electron chi connectivity index (χ1n) is 7.63. The van der Waals surface area contributed by atoms with Gasteiger partial charge in [-0.3, -0.25) is 20.2 Å². The van der Waals surface area contributed by atoms with E-state index in [9.17, 15) is 14.9 Å². The number of hydrogen-bond donors (Lipinski definition) is 1. The minimum Gasteiger partial charge on any atom is -0.298 e. The molecule has 0 saturated heterocycles. The SMILES string of the molecule is Cc1ccc(-c2csc(NC(=O)c3ccc([N+](=O)[O-])cc3Cl)n2)c(C)c1. The number of carbonyl (C=O) groups is 1. The van der Waals surface area contributed by atoms with Crippen molar-refractivity contribution in [2.24, 2.45) is 0 Å². The van der Waals surface area contributed by atoms with E-state index in [2.05, 4.69) is 16.4 Å². The van der Waals surface area contributed by atoms with Gasteiger partial charge in [-0.05, 0) is 25.5 Å². The molecule has 1 N–H and O–H groups in total. The van der Waals surface area contributed by atoms with Gasteiger partial charge in [0.05, 0.1) is 21.2 Å². The average Bonchev–Trinajstić information content (AvgIpc) is 3.02. The monoisotopic (exact) mass is 387 g/mol. The van der Waals surface area contributed by atoms with E-state index in [-0.39, 0.29) is 16.3 Å². The van der Waals surface area contributed by atoms with Crippen LogP contribution in [0.1, 0.15) is 21.5 Å². The van der Waals surface area contributed by atoms with E-state index >= 15 is 0 Å². The maximum atomic E-state index is 12.4. The molecule has 1 aromatic heterocycles. The fourth-order valence-corrected chi connectivity index (χ4v) is 3.49. The van der Waals surface area contributed by atoms with Crippen molar-refractivity contribution in [3.8, 4) is 11.3 Å². The quantitative estimate of drug-likeness (QED) is 0.490. The summed E-state index contributed by atoms with van der Waals surface area (Å²) in [7, 11) is 0. The first-order chi connectivity index (χ1) is 12.3. The number of nitrogens with one attached hydrogen (secondary N) is 1. The molecule has 0 aliphatic heterocycles. The predicted octanol–water partition coefficient (Wildman–Crippen LogP) is 5.24. The Labute approximate surface area is 158 Å². The van der Waals surface area contributed by atoms with Gasteiger partial charge in [0.25, 0.3) is 11.6 Å². The second kappa shape index (κ2) is 7.23. The summed E-state index contributed by atoms with van der Waals surface area (Å²) >= 11 is 7.29. The zero-order valence-electron chi connectivity index (χ0n) is 13.9. The van der Waals surface area contributed by atoms with Crippen molar-refractivity contribution in [1.29, 1.82) is 0 Å². The van der Waals surface area contributed by atoms with E-state index in [0.717, 1.165) is 22.9 Å². The highest BCUT2D eigenvalue weighted by atomic mass is 35.5. The van der Waals surface area contributed by atoms with Crippen LogP contribution in [0, 0.1) is 24.0 Å². The number of benzene rings is 2. The van der Waals surface area contributed by atoms with E-state index < -0.39 is 10.8 Å². The van der Waals surface area contributed by atoms with Gasteiger partial charge in [-0.2, -0.15) is 0 Å². The second-order valence-electron chi connectivity index (χ2n) is 5.73. The standard InChI is InChI=1S/C18H14ClN3O3S/c1-10-3-5-13(11(2)7-10)16-9-26-18(20-16)21-17(23)14-6-4-12(22(24)25)8-15(14)19/h3-9H,1-2H3,(H,20,21,23). The summed E-state index contributed by atoms with van der Waals surface area (Å²) in [5.74, 6) is -0.466. The summed E-state index contributed by atoms with van der Waals surface area (Å²) in [5.41, 5.74) is 4.03. The normalized spacial score (nSPS) is 10.6. The molecule has 0 bridgehead atoms. The number of nitro groups is 1. The molecule has 0 unspecified atom stereocenters. The molecule has 0 fully saturated rings. The molecule has 0 atom stereocenters. The fraction of sp³-hybridized carbons (Fsp3) is 0.111. The molecule has 8 heteroatoms. The molecule has 6 nitrogen and oxygen atoms in total. The Morgan fingerprint density at radius 1 is 1.23 bits per heavy atom. The van der Waals surface area contributed by atoms with Gasteiger partial charge in [-0.25, -0.2) is 4.98 Å². The number of aromatic nitrogens is 1. The number of amides is 1. The molecular weight excluding hydrogens is 374 g/mol. The highest BCUT2D eigenvalue weighted by Crippen LogP contribution is 2.29. The Morgan fingerprint density at radius 3 is 2.65 bits per heavy atom. The third-order valence-electron chi connectivity index (χ3n) is 3.79. The van der Waals surface area contributed by atoms with E-state index in [4.69, 9.17) is 11.6 Å². The lowest BCUT2D eigenvalue weighted by Crippen LogP contribution is -2.12. The van der Waals surface area contributed by atoms with Crippen LogP contribution in [0.25, 0.3) is 11.3 Å². The number of nitro benzene ring substituents is 1. The fourth-order valence-electron chi connectivity index (χ4n) is 2.52. The number of aryl methyl sites for hydroxylation is 2. The van der Waals surface area contributed by atoms with E-state index in [1.807, 2.05) is 31.4 Å². The zero-order valence-corrected chi connectivity index (χ0v) is 15.5. The van der Waals surface area contributed by atoms with Crippen LogP contribution in [0.2, 0.25) is 5.02 Å². The smallest absolute Gasteiger partial charge is 0.270 e. The van der Waals surface area contributed by atoms with Crippen LogP contribution in [-0.4, -0.2) is 15.8 Å². The molecule has 0 spiro atoms. The molecule has 0 aliphatic rings. The number of carbonyl (C=O) groups excluding carboxylic acids is 1. The van der Waals surface area contributed by atoms with Crippen LogP contribution >= 0.6 is 22.9 Å². The molecule has 132 valence electrons. The highest BCUT2D eigenvalue weighted by molar-refractivity contribution is 7.14. The average molecular weight is 388 g/mol. The highest BCUT2D eigenvalue weighted by Gasteiger charge is 2.16. The van der Waals surface area contributed by atoms with Crippen molar-refractivity contribution < 1.29 is 9.72 Å². The van der Waals surface area contributed by atoms with Gasteiger partial charge in [0.15, 0.2) is 5.13 Å². The maximum absolute atomic E-state index is 12.4. The number of non-ortho nitro benzene ring substituents is 1. The number of hydrogen-bond acceptors (Lipinski definition) is 5. The van der Waals surface area contributed by atoms with E-state index in [1.165, 1.54) is 29.0 Å². The number of rotatable bonds is 4. The molecule has 3 aromatic rings. The summed E-state index contributed by atoms with van der Waals surface area (Å²) in [6, 6.07) is 9.80. The molecule has 0 saturated carbocycles. The minimum atomic E-state index is -0.565. The van der Waals surface area contributed by atoms with Crippen molar-refractivity contribution >= 4 is 39.7 Å². The van der Waals surface area contributed by atoms with Crippen molar-refractivity contribution in [2.75, 3.05) is 5.32 Å². The number of nitrogens with zero attached hydrogens (tertiary/aromatic N) is 2. The lowest BCUT2D eigenvalue weighted by molar-refractivity contribution is -0.384. The molecule has 2 aromatic carbocycles. The van der Waals surface area contributed by atoms with Gasteiger partial charge in [0.2, 0.25) is 0 Å². The number of thiazole rings is 1. The molecule has 1 amide bonds. The van der Waals surface area contributed by atoms with E-state index in [0.29, 0.717) is 5.13 Å². The van der Waals surface area contributed by atoms with Crippen LogP contribution in [-0.2, 0) is 0 Å². The Hall–Kier alpha value is -2.77. The molecule has 0 radical (unpaired) electrons. The van der Waals surface area contributed by atoms with Crippen LogP contribution in [0.3, 0.4) is 0 Å². The van der Waals surface area contributed by atoms with Gasteiger partial charge in [-0.1, -0.05) is 35.4 Å². The first-order valence-corrected chi connectivity index (χ1v) is 8.89. The lowest BCUT2D eigenvalue weighted by Gasteiger charge is -2.05. The Morgan fingerprint density at radius 2 is 2.00 bits per heavy atom. The third kappa shape index (κ3) is 3.74. The Balaban J connectivity index is 1.81. The summed E-state index contributed by atoms with van der Waals surface area (Å²) in [4.78, 5) is 27.0. The molecule has 3 rings (SSSR count). The maximum Gasteiger partial charge on any atom is 0.270 e. The van der Waals surface area contributed by atoms with E-state index in [1.54, 1.807) is 0 Å². The Kier molecular flexibility index (Phi) is 5.01. The summed E-state index contributed by atoms with van der Waals surface area (Å²) in [6.07, 6.45) is 0. The van der Waals surface area contributed by atoms with Crippen LogP contribution < -0.4 is 5.32 Å². The van der Waals surface area contributed by atoms with Crippen LogP contribution in [0.5, 0.6) is 0 Å². The van der Waals surface area contributed by atoms with Crippen molar-refractivity contribution in [3.63, 3.8) is 0 Å². The van der Waals surface area contributed by atoms with Crippen LogP contribution in [0.4, 0.5) is 10.8 Å². The van der Waals surface area contributed by atoms with Gasteiger partial charge in [-0.15, -0.1) is 11.3 Å². The minimum absolute atomic E-state index is 0.0165. The predicted molar refractivity (Wildman–Crippen MR) is 103 cm³/mol. The number of anilines is 1.